The van der Waals surface area contributed by atoms with E-state index in [9.17, 15) is 9.59 Å². The molecule has 0 aliphatic carbocycles. The molecule has 2 amide bonds. The number of benzene rings is 1. The monoisotopic (exact) mass is 350 g/mol. The number of hydrogen-bond acceptors (Lipinski definition) is 4. The van der Waals surface area contributed by atoms with E-state index in [-0.39, 0.29) is 17.5 Å². The van der Waals surface area contributed by atoms with Crippen LogP contribution >= 0.6 is 0 Å². The highest BCUT2D eigenvalue weighted by Gasteiger charge is 2.21. The predicted molar refractivity (Wildman–Crippen MR) is 97.5 cm³/mol. The third kappa shape index (κ3) is 3.46. The summed E-state index contributed by atoms with van der Waals surface area (Å²) < 4.78 is 0. The Balaban J connectivity index is 1.41. The van der Waals surface area contributed by atoms with Crippen LogP contribution in [0.2, 0.25) is 0 Å². The molecule has 0 bridgehead atoms. The van der Waals surface area contributed by atoms with Crippen LogP contribution in [0.25, 0.3) is 0 Å². The molecule has 1 aromatic carbocycles. The third-order valence-electron chi connectivity index (χ3n) is 4.95. The Kier molecular flexibility index (Phi) is 4.67. The fraction of sp³-hybridized carbons (Fsp3) is 0.350. The molecular weight excluding hydrogens is 328 g/mol. The Morgan fingerprint density at radius 3 is 2.65 bits per heavy atom. The Morgan fingerprint density at radius 2 is 1.81 bits per heavy atom. The summed E-state index contributed by atoms with van der Waals surface area (Å²) in [6.45, 7) is 3.76. The van der Waals surface area contributed by atoms with Crippen LogP contribution < -0.4 is 10.6 Å². The lowest BCUT2D eigenvalue weighted by Crippen LogP contribution is -2.30. The second-order valence-corrected chi connectivity index (χ2v) is 6.80. The van der Waals surface area contributed by atoms with E-state index in [4.69, 9.17) is 0 Å². The molecule has 2 aliphatic heterocycles. The number of aromatic nitrogens is 1. The molecule has 6 nitrogen and oxygen atoms in total. The first-order valence-electron chi connectivity index (χ1n) is 9.06. The van der Waals surface area contributed by atoms with E-state index < -0.39 is 0 Å². The molecule has 0 saturated carbocycles. The summed E-state index contributed by atoms with van der Waals surface area (Å²) in [5, 5.41) is 6.21. The first-order chi connectivity index (χ1) is 12.7. The molecule has 2 N–H and O–H groups in total. The van der Waals surface area contributed by atoms with Gasteiger partial charge in [0.25, 0.3) is 11.8 Å². The van der Waals surface area contributed by atoms with E-state index in [1.54, 1.807) is 23.1 Å². The van der Waals surface area contributed by atoms with E-state index in [1.807, 2.05) is 6.07 Å². The topological polar surface area (TPSA) is 74.3 Å². The van der Waals surface area contributed by atoms with Crippen molar-refractivity contribution in [2.45, 2.75) is 32.5 Å². The lowest BCUT2D eigenvalue weighted by Gasteiger charge is -2.14. The van der Waals surface area contributed by atoms with Crippen LogP contribution in [-0.2, 0) is 19.6 Å². The fourth-order valence-electron chi connectivity index (χ4n) is 3.49. The number of carbonyl (C=O) groups excluding carboxylic acids is 2. The molecule has 0 unspecified atom stereocenters. The van der Waals surface area contributed by atoms with Crippen molar-refractivity contribution in [3.05, 3.63) is 64.5 Å². The number of rotatable bonds is 4. The molecule has 0 spiro atoms. The lowest BCUT2D eigenvalue weighted by atomic mass is 10.1. The minimum Gasteiger partial charge on any atom is -0.347 e. The Bertz CT molecular complexity index is 843. The number of fused-ring (bicyclic) bond motifs is 1. The Labute approximate surface area is 152 Å². The van der Waals surface area contributed by atoms with Gasteiger partial charge in [0.2, 0.25) is 0 Å². The summed E-state index contributed by atoms with van der Waals surface area (Å²) in [6, 6.07) is 11.3. The van der Waals surface area contributed by atoms with Crippen LogP contribution in [0.5, 0.6) is 0 Å². The maximum atomic E-state index is 12.4. The van der Waals surface area contributed by atoms with Crippen LogP contribution in [0.3, 0.4) is 0 Å². The Hall–Kier alpha value is -2.73. The molecule has 2 aliphatic rings. The third-order valence-corrected chi connectivity index (χ3v) is 4.95. The van der Waals surface area contributed by atoms with Gasteiger partial charge in [-0.05, 0) is 41.7 Å². The summed E-state index contributed by atoms with van der Waals surface area (Å²) in [7, 11) is 0. The van der Waals surface area contributed by atoms with Crippen molar-refractivity contribution in [2.75, 3.05) is 13.1 Å². The molecule has 134 valence electrons. The molecule has 3 heterocycles. The first kappa shape index (κ1) is 16.7. The number of nitrogens with zero attached hydrogens (tertiary/aromatic N) is 2. The summed E-state index contributed by atoms with van der Waals surface area (Å²) in [6.07, 6.45) is 2.06. The quantitative estimate of drug-likeness (QED) is 0.883. The molecule has 1 fully saturated rings. The highest BCUT2D eigenvalue weighted by Crippen LogP contribution is 2.17. The predicted octanol–water partition coefficient (Wildman–Crippen LogP) is 1.85. The molecule has 26 heavy (non-hydrogen) atoms. The molecule has 4 rings (SSSR count). The highest BCUT2D eigenvalue weighted by molar-refractivity contribution is 5.96. The number of hydrogen-bond donors (Lipinski definition) is 2. The van der Waals surface area contributed by atoms with Crippen molar-refractivity contribution in [2.24, 2.45) is 0 Å². The number of carbonyl (C=O) groups is 2. The molecule has 2 aromatic rings. The van der Waals surface area contributed by atoms with Crippen LogP contribution in [0, 0.1) is 0 Å². The normalized spacial score (nSPS) is 15.8. The van der Waals surface area contributed by atoms with Crippen LogP contribution in [-0.4, -0.2) is 34.8 Å². The lowest BCUT2D eigenvalue weighted by molar-refractivity contribution is 0.0787. The summed E-state index contributed by atoms with van der Waals surface area (Å²) in [5.74, 6) is -0.358. The van der Waals surface area contributed by atoms with Crippen LogP contribution in [0.4, 0.5) is 0 Å². The SMILES string of the molecule is O=C(NCc1ccc2c(c1)CNC2)c1cccc(C(=O)N2CCCC2)n1. The number of amides is 2. The van der Waals surface area contributed by atoms with Gasteiger partial charge in [0, 0.05) is 32.7 Å². The average Bonchev–Trinajstić information content (AvgIpc) is 3.36. The van der Waals surface area contributed by atoms with Crippen molar-refractivity contribution in [3.8, 4) is 0 Å². The first-order valence-corrected chi connectivity index (χ1v) is 9.06. The van der Waals surface area contributed by atoms with Gasteiger partial charge in [0.05, 0.1) is 0 Å². The zero-order chi connectivity index (χ0) is 17.9. The van der Waals surface area contributed by atoms with E-state index >= 15 is 0 Å². The zero-order valence-electron chi connectivity index (χ0n) is 14.6. The number of pyridine rings is 1. The summed E-state index contributed by atoms with van der Waals surface area (Å²) >= 11 is 0. The fourth-order valence-corrected chi connectivity index (χ4v) is 3.49. The van der Waals surface area contributed by atoms with Gasteiger partial charge in [0.15, 0.2) is 0 Å². The molecule has 6 heteroatoms. The van der Waals surface area contributed by atoms with Gasteiger partial charge in [-0.15, -0.1) is 0 Å². The minimum atomic E-state index is -0.264. The molecule has 1 saturated heterocycles. The van der Waals surface area contributed by atoms with Crippen molar-refractivity contribution >= 4 is 11.8 Å². The number of nitrogens with one attached hydrogen (secondary N) is 2. The van der Waals surface area contributed by atoms with Gasteiger partial charge in [-0.2, -0.15) is 0 Å². The largest absolute Gasteiger partial charge is 0.347 e. The van der Waals surface area contributed by atoms with E-state index in [0.717, 1.165) is 44.6 Å². The number of likely N-dealkylation sites (tertiary alicyclic amines) is 1. The molecule has 0 atom stereocenters. The van der Waals surface area contributed by atoms with Gasteiger partial charge >= 0.3 is 0 Å². The van der Waals surface area contributed by atoms with Gasteiger partial charge in [-0.3, -0.25) is 9.59 Å². The summed E-state index contributed by atoms with van der Waals surface area (Å²) in [4.78, 5) is 30.9. The van der Waals surface area contributed by atoms with E-state index in [0.29, 0.717) is 12.2 Å². The second-order valence-electron chi connectivity index (χ2n) is 6.80. The molecule has 0 radical (unpaired) electrons. The van der Waals surface area contributed by atoms with Gasteiger partial charge in [-0.1, -0.05) is 24.3 Å². The Morgan fingerprint density at radius 1 is 1.04 bits per heavy atom. The molecular formula is C20H22N4O2. The maximum absolute atomic E-state index is 12.4. The average molecular weight is 350 g/mol. The van der Waals surface area contributed by atoms with Gasteiger partial charge in [0.1, 0.15) is 11.4 Å². The van der Waals surface area contributed by atoms with Gasteiger partial charge < -0.3 is 15.5 Å². The van der Waals surface area contributed by atoms with Crippen molar-refractivity contribution in [1.29, 1.82) is 0 Å². The maximum Gasteiger partial charge on any atom is 0.272 e. The van der Waals surface area contributed by atoms with Crippen molar-refractivity contribution < 1.29 is 9.59 Å². The standard InChI is InChI=1S/C20H22N4O2/c25-19(22-11-14-6-7-15-12-21-13-16(15)10-14)17-4-3-5-18(23-17)20(26)24-8-1-2-9-24/h3-7,10,21H,1-2,8-9,11-13H2,(H,22,25). The summed E-state index contributed by atoms with van der Waals surface area (Å²) in [5.41, 5.74) is 4.27. The van der Waals surface area contributed by atoms with Crippen molar-refractivity contribution in [1.82, 2.24) is 20.5 Å². The van der Waals surface area contributed by atoms with E-state index in [1.165, 1.54) is 11.1 Å². The highest BCUT2D eigenvalue weighted by atomic mass is 16.2. The minimum absolute atomic E-state index is 0.0942. The van der Waals surface area contributed by atoms with Gasteiger partial charge in [-0.25, -0.2) is 4.98 Å². The zero-order valence-corrected chi connectivity index (χ0v) is 14.6. The van der Waals surface area contributed by atoms with Crippen LogP contribution in [0.1, 0.15) is 50.5 Å². The van der Waals surface area contributed by atoms with Crippen molar-refractivity contribution in [3.63, 3.8) is 0 Å². The van der Waals surface area contributed by atoms with E-state index in [2.05, 4.69) is 27.8 Å². The van der Waals surface area contributed by atoms with Crippen LogP contribution in [0.15, 0.2) is 36.4 Å². The molecule has 1 aromatic heterocycles. The smallest absolute Gasteiger partial charge is 0.272 e. The second kappa shape index (κ2) is 7.25.